The number of allylic oxidation sites excluding steroid dienone is 2. The molecule has 0 unspecified atom stereocenters. The van der Waals surface area contributed by atoms with E-state index in [-0.39, 0.29) is 37.4 Å². The molecular weight excluding hydrogens is 343 g/mol. The van der Waals surface area contributed by atoms with Gasteiger partial charge in [-0.2, -0.15) is 0 Å². The Morgan fingerprint density at radius 1 is 0.933 bits per heavy atom. The molecule has 0 spiro atoms. The van der Waals surface area contributed by atoms with Gasteiger partial charge < -0.3 is 10.2 Å². The SMILES string of the molecule is C/C(Cl)=C/C(=O)O.C/C(Cl)=C/C(=O)O.[Cd]. The summed E-state index contributed by atoms with van der Waals surface area (Å²) in [5.41, 5.74) is 0. The normalized spacial score (nSPS) is 10.7. The molecule has 0 aliphatic rings. The van der Waals surface area contributed by atoms with Gasteiger partial charge in [0.25, 0.3) is 0 Å². The van der Waals surface area contributed by atoms with Gasteiger partial charge in [0.05, 0.1) is 0 Å². The van der Waals surface area contributed by atoms with Crippen molar-refractivity contribution in [3.8, 4) is 0 Å². The molecular formula is C8H10CdCl2O4. The standard InChI is InChI=1S/2C4H5ClO2.Cd/c2*1-3(5)2-4(6)7;/h2*2H,1H3,(H,6,7);/b2*3-2-;. The fourth-order valence-electron chi connectivity index (χ4n) is 0.340. The summed E-state index contributed by atoms with van der Waals surface area (Å²) in [6.07, 6.45) is 1.86. The van der Waals surface area contributed by atoms with Gasteiger partial charge in [0, 0.05) is 49.5 Å². The number of rotatable bonds is 2. The van der Waals surface area contributed by atoms with Crippen LogP contribution in [-0.4, -0.2) is 22.2 Å². The molecule has 0 bridgehead atoms. The summed E-state index contributed by atoms with van der Waals surface area (Å²) in [4.78, 5) is 19.3. The van der Waals surface area contributed by atoms with E-state index >= 15 is 0 Å². The van der Waals surface area contributed by atoms with E-state index in [1.807, 2.05) is 0 Å². The van der Waals surface area contributed by atoms with Crippen LogP contribution in [0.4, 0.5) is 0 Å². The van der Waals surface area contributed by atoms with Crippen molar-refractivity contribution in [1.29, 1.82) is 0 Å². The van der Waals surface area contributed by atoms with Crippen LogP contribution in [-0.2, 0) is 36.9 Å². The second-order valence-corrected chi connectivity index (χ2v) is 3.33. The number of carboxylic acids is 2. The number of hydrogen-bond acceptors (Lipinski definition) is 2. The maximum atomic E-state index is 9.65. The third kappa shape index (κ3) is 31.5. The van der Waals surface area contributed by atoms with Crippen LogP contribution in [0.5, 0.6) is 0 Å². The molecule has 0 saturated heterocycles. The minimum Gasteiger partial charge on any atom is -0.478 e. The van der Waals surface area contributed by atoms with E-state index in [9.17, 15) is 9.59 Å². The summed E-state index contributed by atoms with van der Waals surface area (Å²) in [6, 6.07) is 0. The van der Waals surface area contributed by atoms with Crippen LogP contribution in [0.2, 0.25) is 0 Å². The fourth-order valence-corrected chi connectivity index (χ4v) is 0.527. The van der Waals surface area contributed by atoms with Crippen molar-refractivity contribution < 1.29 is 47.1 Å². The summed E-state index contributed by atoms with van der Waals surface area (Å²) >= 11 is 10.3. The molecule has 0 saturated carbocycles. The van der Waals surface area contributed by atoms with Gasteiger partial charge in [-0.05, 0) is 13.8 Å². The molecule has 0 aromatic heterocycles. The van der Waals surface area contributed by atoms with E-state index in [1.165, 1.54) is 13.8 Å². The molecule has 2 N–H and O–H groups in total. The van der Waals surface area contributed by atoms with Gasteiger partial charge in [-0.25, -0.2) is 9.59 Å². The molecule has 0 radical (unpaired) electrons. The second-order valence-electron chi connectivity index (χ2n) is 2.14. The van der Waals surface area contributed by atoms with Crippen molar-refractivity contribution in [2.75, 3.05) is 0 Å². The first-order valence-corrected chi connectivity index (χ1v) is 4.14. The van der Waals surface area contributed by atoms with Crippen molar-refractivity contribution in [3.05, 3.63) is 22.2 Å². The number of halogens is 2. The van der Waals surface area contributed by atoms with Crippen LogP contribution < -0.4 is 0 Å². The van der Waals surface area contributed by atoms with Crippen molar-refractivity contribution >= 4 is 35.1 Å². The number of aliphatic carboxylic acids is 2. The Balaban J connectivity index is -0.000000180. The Morgan fingerprint density at radius 2 is 1.13 bits per heavy atom. The first kappa shape index (κ1) is 20.3. The number of carbonyl (C=O) groups is 2. The minimum absolute atomic E-state index is 0. The molecule has 0 heterocycles. The second kappa shape index (κ2) is 12.0. The zero-order valence-electron chi connectivity index (χ0n) is 8.33. The Kier molecular flexibility index (Phi) is 16.3. The molecule has 0 aromatic rings. The van der Waals surface area contributed by atoms with E-state index in [0.29, 0.717) is 0 Å². The molecule has 0 aliphatic carbocycles. The van der Waals surface area contributed by atoms with Crippen molar-refractivity contribution in [1.82, 2.24) is 0 Å². The molecule has 0 aliphatic heterocycles. The maximum Gasteiger partial charge on any atom is 0.329 e. The van der Waals surface area contributed by atoms with Crippen molar-refractivity contribution in [3.63, 3.8) is 0 Å². The molecule has 4 nitrogen and oxygen atoms in total. The largest absolute Gasteiger partial charge is 0.478 e. The van der Waals surface area contributed by atoms with Crippen LogP contribution in [0, 0.1) is 0 Å². The van der Waals surface area contributed by atoms with Crippen molar-refractivity contribution in [2.45, 2.75) is 13.8 Å². The predicted molar refractivity (Wildman–Crippen MR) is 54.5 cm³/mol. The summed E-state index contributed by atoms with van der Waals surface area (Å²) in [7, 11) is 0. The average Bonchev–Trinajstić information content (AvgIpc) is 1.79. The summed E-state index contributed by atoms with van der Waals surface area (Å²) in [6.45, 7) is 3.02. The van der Waals surface area contributed by atoms with Gasteiger partial charge in [-0.1, -0.05) is 23.2 Å². The van der Waals surface area contributed by atoms with E-state index in [2.05, 4.69) is 0 Å². The smallest absolute Gasteiger partial charge is 0.329 e. The zero-order valence-corrected chi connectivity index (χ0v) is 13.9. The molecule has 7 heteroatoms. The molecule has 0 aromatic carbocycles. The van der Waals surface area contributed by atoms with E-state index in [4.69, 9.17) is 33.4 Å². The Morgan fingerprint density at radius 3 is 1.13 bits per heavy atom. The van der Waals surface area contributed by atoms with Gasteiger partial charge in [0.15, 0.2) is 0 Å². The summed E-state index contributed by atoms with van der Waals surface area (Å²) in [5.74, 6) is -2.01. The third-order valence-electron chi connectivity index (χ3n) is 0.645. The zero-order chi connectivity index (χ0) is 11.7. The van der Waals surface area contributed by atoms with Crippen LogP contribution in [0.25, 0.3) is 0 Å². The molecule has 0 amide bonds. The Labute approximate surface area is 118 Å². The average molecular weight is 353 g/mol. The van der Waals surface area contributed by atoms with Gasteiger partial charge in [-0.3, -0.25) is 0 Å². The quantitative estimate of drug-likeness (QED) is 0.591. The van der Waals surface area contributed by atoms with Crippen LogP contribution in [0.3, 0.4) is 0 Å². The fraction of sp³-hybridized carbons (Fsp3) is 0.250. The van der Waals surface area contributed by atoms with E-state index in [0.717, 1.165) is 12.2 Å². The Hall–Kier alpha value is -0.0779. The molecule has 15 heavy (non-hydrogen) atoms. The topological polar surface area (TPSA) is 74.6 Å². The first-order valence-electron chi connectivity index (χ1n) is 3.39. The number of hydrogen-bond donors (Lipinski definition) is 2. The molecule has 0 atom stereocenters. The number of carboxylic acid groups (broad SMARTS) is 2. The van der Waals surface area contributed by atoms with E-state index < -0.39 is 11.9 Å². The van der Waals surface area contributed by atoms with Crippen molar-refractivity contribution in [2.24, 2.45) is 0 Å². The van der Waals surface area contributed by atoms with Gasteiger partial charge in [0.1, 0.15) is 0 Å². The van der Waals surface area contributed by atoms with Crippen LogP contribution in [0.15, 0.2) is 22.2 Å². The predicted octanol–water partition coefficient (Wildman–Crippen LogP) is 2.42. The molecule has 0 fully saturated rings. The van der Waals surface area contributed by atoms with Gasteiger partial charge in [-0.15, -0.1) is 0 Å². The van der Waals surface area contributed by atoms with Crippen LogP contribution in [0.1, 0.15) is 13.8 Å². The molecule has 82 valence electrons. The minimum atomic E-state index is -1.01. The first-order chi connectivity index (χ1) is 6.25. The maximum absolute atomic E-state index is 9.65. The van der Waals surface area contributed by atoms with Crippen LogP contribution >= 0.6 is 23.2 Å². The van der Waals surface area contributed by atoms with Gasteiger partial charge in [0.2, 0.25) is 0 Å². The summed E-state index contributed by atoms with van der Waals surface area (Å²) < 4.78 is 0. The monoisotopic (exact) mass is 354 g/mol. The Bertz CT molecular complexity index is 238. The van der Waals surface area contributed by atoms with E-state index in [1.54, 1.807) is 0 Å². The third-order valence-corrected chi connectivity index (χ3v) is 0.863. The molecule has 0 rings (SSSR count). The van der Waals surface area contributed by atoms with Gasteiger partial charge >= 0.3 is 11.9 Å². The summed E-state index contributed by atoms with van der Waals surface area (Å²) in [5, 5.41) is 16.4.